The van der Waals surface area contributed by atoms with Crippen LogP contribution in [0.15, 0.2) is 6.33 Å². The molecule has 1 heterocycles. The van der Waals surface area contributed by atoms with Crippen molar-refractivity contribution < 1.29 is 14.6 Å². The van der Waals surface area contributed by atoms with Crippen molar-refractivity contribution in [2.45, 2.75) is 13.0 Å². The number of aromatic nitrogens is 4. The van der Waals surface area contributed by atoms with Crippen LogP contribution < -0.4 is 5.32 Å². The van der Waals surface area contributed by atoms with Gasteiger partial charge in [-0.3, -0.25) is 4.79 Å². The predicted molar refractivity (Wildman–Crippen MR) is 53.3 cm³/mol. The van der Waals surface area contributed by atoms with Gasteiger partial charge in [0.2, 0.25) is 5.91 Å². The lowest BCUT2D eigenvalue weighted by Gasteiger charge is -2.04. The Balaban J connectivity index is 1.98. The van der Waals surface area contributed by atoms with E-state index < -0.39 is 0 Å². The Bertz CT molecular complexity index is 290. The van der Waals surface area contributed by atoms with Crippen LogP contribution in [-0.4, -0.2) is 57.6 Å². The van der Waals surface area contributed by atoms with Crippen LogP contribution in [0.4, 0.5) is 0 Å². The fourth-order valence-corrected chi connectivity index (χ4v) is 1.02. The van der Waals surface area contributed by atoms with Crippen molar-refractivity contribution in [3.8, 4) is 0 Å². The van der Waals surface area contributed by atoms with Gasteiger partial charge >= 0.3 is 0 Å². The SMILES string of the molecule is O=C(Cn1cnnn1)NCCCOCCO. The van der Waals surface area contributed by atoms with Gasteiger partial charge in [-0.25, -0.2) is 4.68 Å². The summed E-state index contributed by atoms with van der Waals surface area (Å²) < 4.78 is 6.38. The van der Waals surface area contributed by atoms with Crippen LogP contribution in [0.3, 0.4) is 0 Å². The number of nitrogens with one attached hydrogen (secondary N) is 1. The Kier molecular flexibility index (Phi) is 6.04. The van der Waals surface area contributed by atoms with Crippen molar-refractivity contribution in [1.82, 2.24) is 25.5 Å². The van der Waals surface area contributed by atoms with Crippen LogP contribution in [0.1, 0.15) is 6.42 Å². The number of amides is 1. The molecule has 0 aliphatic heterocycles. The second kappa shape index (κ2) is 7.71. The molecule has 0 spiro atoms. The maximum absolute atomic E-state index is 11.3. The van der Waals surface area contributed by atoms with Crippen LogP contribution in [0.25, 0.3) is 0 Å². The van der Waals surface area contributed by atoms with Crippen molar-refractivity contribution in [2.24, 2.45) is 0 Å². The second-order valence-corrected chi connectivity index (χ2v) is 3.05. The number of hydrogen-bond donors (Lipinski definition) is 2. The van der Waals surface area contributed by atoms with Gasteiger partial charge in [0.15, 0.2) is 0 Å². The Labute approximate surface area is 92.6 Å². The van der Waals surface area contributed by atoms with E-state index >= 15 is 0 Å². The molecule has 1 rings (SSSR count). The number of hydrogen-bond acceptors (Lipinski definition) is 6. The summed E-state index contributed by atoms with van der Waals surface area (Å²) in [5.74, 6) is -0.144. The molecule has 0 aliphatic carbocycles. The second-order valence-electron chi connectivity index (χ2n) is 3.05. The Morgan fingerprint density at radius 3 is 3.06 bits per heavy atom. The van der Waals surface area contributed by atoms with E-state index in [1.54, 1.807) is 0 Å². The fourth-order valence-electron chi connectivity index (χ4n) is 1.02. The molecule has 16 heavy (non-hydrogen) atoms. The van der Waals surface area contributed by atoms with Crippen LogP contribution in [-0.2, 0) is 16.1 Å². The molecule has 0 unspecified atom stereocenters. The van der Waals surface area contributed by atoms with Crippen LogP contribution in [0, 0.1) is 0 Å². The molecule has 0 saturated carbocycles. The molecule has 1 aromatic rings. The standard InChI is InChI=1S/C8H15N5O3/c14-3-5-16-4-1-2-9-8(15)6-13-7-10-11-12-13/h7,14H,1-6H2,(H,9,15). The van der Waals surface area contributed by atoms with E-state index in [-0.39, 0.29) is 19.1 Å². The van der Waals surface area contributed by atoms with E-state index in [2.05, 4.69) is 20.8 Å². The third-order valence-electron chi connectivity index (χ3n) is 1.72. The minimum Gasteiger partial charge on any atom is -0.394 e. The first-order valence-electron chi connectivity index (χ1n) is 4.99. The third-order valence-corrected chi connectivity index (χ3v) is 1.72. The van der Waals surface area contributed by atoms with Crippen LogP contribution >= 0.6 is 0 Å². The number of rotatable bonds is 8. The molecule has 2 N–H and O–H groups in total. The minimum atomic E-state index is -0.144. The van der Waals surface area contributed by atoms with Crippen molar-refractivity contribution in [1.29, 1.82) is 0 Å². The highest BCUT2D eigenvalue weighted by molar-refractivity contribution is 5.75. The first-order chi connectivity index (χ1) is 7.83. The highest BCUT2D eigenvalue weighted by atomic mass is 16.5. The van der Waals surface area contributed by atoms with Crippen LogP contribution in [0.5, 0.6) is 0 Å². The molecule has 0 aliphatic rings. The van der Waals surface area contributed by atoms with Gasteiger partial charge in [-0.05, 0) is 16.8 Å². The zero-order valence-corrected chi connectivity index (χ0v) is 8.87. The van der Waals surface area contributed by atoms with Crippen LogP contribution in [0.2, 0.25) is 0 Å². The fraction of sp³-hybridized carbons (Fsp3) is 0.750. The molecule has 0 atom stereocenters. The summed E-state index contributed by atoms with van der Waals surface area (Å²) in [5.41, 5.74) is 0. The molecule has 1 aromatic heterocycles. The Morgan fingerprint density at radius 1 is 1.50 bits per heavy atom. The summed E-state index contributed by atoms with van der Waals surface area (Å²) in [7, 11) is 0. The summed E-state index contributed by atoms with van der Waals surface area (Å²) in [6.07, 6.45) is 2.09. The lowest BCUT2D eigenvalue weighted by Crippen LogP contribution is -2.29. The molecular weight excluding hydrogens is 214 g/mol. The molecule has 90 valence electrons. The Hall–Kier alpha value is -1.54. The number of carbonyl (C=O) groups excluding carboxylic acids is 1. The zero-order valence-electron chi connectivity index (χ0n) is 8.87. The number of carbonyl (C=O) groups is 1. The monoisotopic (exact) mass is 229 g/mol. The van der Waals surface area contributed by atoms with Gasteiger partial charge in [-0.15, -0.1) is 5.10 Å². The van der Waals surface area contributed by atoms with E-state index in [0.717, 1.165) is 0 Å². The summed E-state index contributed by atoms with van der Waals surface area (Å²) in [6.45, 7) is 1.52. The lowest BCUT2D eigenvalue weighted by molar-refractivity contribution is -0.121. The number of aliphatic hydroxyl groups excluding tert-OH is 1. The molecule has 0 saturated heterocycles. The van der Waals surface area contributed by atoms with Crippen molar-refractivity contribution in [3.05, 3.63) is 6.33 Å². The third kappa shape index (κ3) is 5.37. The van der Waals surface area contributed by atoms with E-state index in [4.69, 9.17) is 9.84 Å². The van der Waals surface area contributed by atoms with E-state index in [9.17, 15) is 4.79 Å². The summed E-state index contributed by atoms with van der Waals surface area (Å²) >= 11 is 0. The van der Waals surface area contributed by atoms with Gasteiger partial charge in [-0.1, -0.05) is 0 Å². The van der Waals surface area contributed by atoms with Gasteiger partial charge in [0.1, 0.15) is 12.9 Å². The van der Waals surface area contributed by atoms with Gasteiger partial charge in [0.25, 0.3) is 0 Å². The topological polar surface area (TPSA) is 102 Å². The highest BCUT2D eigenvalue weighted by Crippen LogP contribution is 1.82. The normalized spacial score (nSPS) is 10.3. The van der Waals surface area contributed by atoms with E-state index in [1.165, 1.54) is 11.0 Å². The van der Waals surface area contributed by atoms with Crippen molar-refractivity contribution in [3.63, 3.8) is 0 Å². The summed E-state index contributed by atoms with van der Waals surface area (Å²) in [4.78, 5) is 11.3. The van der Waals surface area contributed by atoms with Gasteiger partial charge in [0.05, 0.1) is 13.2 Å². The largest absolute Gasteiger partial charge is 0.394 e. The molecule has 0 bridgehead atoms. The molecule has 0 radical (unpaired) electrons. The van der Waals surface area contributed by atoms with E-state index in [1.807, 2.05) is 0 Å². The predicted octanol–water partition coefficient (Wildman–Crippen LogP) is -1.81. The quantitative estimate of drug-likeness (QED) is 0.509. The zero-order chi connectivity index (χ0) is 11.6. The van der Waals surface area contributed by atoms with Crippen molar-refractivity contribution in [2.75, 3.05) is 26.4 Å². The average Bonchev–Trinajstić information content (AvgIpc) is 2.76. The minimum absolute atomic E-state index is 0.0195. The number of aliphatic hydroxyl groups is 1. The van der Waals surface area contributed by atoms with E-state index in [0.29, 0.717) is 26.2 Å². The first-order valence-corrected chi connectivity index (χ1v) is 4.99. The molecular formula is C8H15N5O3. The van der Waals surface area contributed by atoms with Crippen molar-refractivity contribution >= 4 is 5.91 Å². The summed E-state index contributed by atoms with van der Waals surface area (Å²) in [5, 5.41) is 21.5. The Morgan fingerprint density at radius 2 is 2.38 bits per heavy atom. The maximum atomic E-state index is 11.3. The molecule has 8 nitrogen and oxygen atoms in total. The average molecular weight is 229 g/mol. The van der Waals surface area contributed by atoms with Gasteiger partial charge < -0.3 is 15.2 Å². The molecule has 8 heteroatoms. The highest BCUT2D eigenvalue weighted by Gasteiger charge is 2.02. The first kappa shape index (κ1) is 12.5. The van der Waals surface area contributed by atoms with Gasteiger partial charge in [0, 0.05) is 13.2 Å². The number of tetrazole rings is 1. The smallest absolute Gasteiger partial charge is 0.241 e. The van der Waals surface area contributed by atoms with Gasteiger partial charge in [-0.2, -0.15) is 0 Å². The summed E-state index contributed by atoms with van der Waals surface area (Å²) in [6, 6.07) is 0. The number of ether oxygens (including phenoxy) is 1. The number of nitrogens with zero attached hydrogens (tertiary/aromatic N) is 4. The lowest BCUT2D eigenvalue weighted by atomic mass is 10.4. The molecule has 1 amide bonds. The molecule has 0 fully saturated rings. The molecule has 0 aromatic carbocycles. The maximum Gasteiger partial charge on any atom is 0.241 e.